The van der Waals surface area contributed by atoms with E-state index in [2.05, 4.69) is 25.6 Å². The first-order chi connectivity index (χ1) is 12.8. The first-order valence-electron chi connectivity index (χ1n) is 8.23. The molecular formula is C17H18ClN7O2S. The van der Waals surface area contributed by atoms with E-state index in [1.807, 2.05) is 30.7 Å². The van der Waals surface area contributed by atoms with Gasteiger partial charge in [0.05, 0.1) is 4.90 Å². The molecule has 0 bridgehead atoms. The highest BCUT2D eigenvalue weighted by Crippen LogP contribution is 2.26. The molecule has 0 saturated heterocycles. The number of halogens is 1. The second-order valence-electron chi connectivity index (χ2n) is 6.39. The number of hydrogen-bond acceptors (Lipinski definition) is 7. The Hall–Kier alpha value is -2.82. The molecule has 0 aliphatic heterocycles. The standard InChI is InChI=1S/C17H17N7O2S.ClH/c1-10(2)24-16-14(22-23-24)7-6-11-9-19-17(21-15(11)16)20-12-4-3-5-13(8-12)27(18,25)26;/h3-10H,1-2H3,(H2,18,25,26)(H,19,20,21);1H. The summed E-state index contributed by atoms with van der Waals surface area (Å²) in [6.07, 6.45) is 1.70. The number of hydrogen-bond donors (Lipinski definition) is 2. The Balaban J connectivity index is 0.00000225. The number of aromatic nitrogens is 5. The number of sulfonamides is 1. The molecule has 9 nitrogen and oxygen atoms in total. The molecule has 0 radical (unpaired) electrons. The molecule has 0 unspecified atom stereocenters. The van der Waals surface area contributed by atoms with E-state index < -0.39 is 10.0 Å². The van der Waals surface area contributed by atoms with Crippen LogP contribution in [0.4, 0.5) is 11.6 Å². The lowest BCUT2D eigenvalue weighted by atomic mass is 10.2. The highest BCUT2D eigenvalue weighted by Gasteiger charge is 2.14. The molecule has 4 rings (SSSR count). The van der Waals surface area contributed by atoms with Crippen LogP contribution in [0.15, 0.2) is 47.5 Å². The molecule has 2 heterocycles. The van der Waals surface area contributed by atoms with Crippen molar-refractivity contribution in [3.8, 4) is 0 Å². The summed E-state index contributed by atoms with van der Waals surface area (Å²) in [5, 5.41) is 17.5. The Morgan fingerprint density at radius 1 is 1.18 bits per heavy atom. The van der Waals surface area contributed by atoms with Crippen molar-refractivity contribution in [2.24, 2.45) is 5.14 Å². The average Bonchev–Trinajstić information content (AvgIpc) is 3.06. The minimum Gasteiger partial charge on any atom is -0.324 e. The second kappa shape index (κ2) is 7.30. The van der Waals surface area contributed by atoms with Crippen LogP contribution < -0.4 is 10.5 Å². The van der Waals surface area contributed by atoms with Gasteiger partial charge in [0.15, 0.2) is 0 Å². The first-order valence-corrected chi connectivity index (χ1v) is 9.78. The molecular weight excluding hydrogens is 402 g/mol. The molecule has 0 atom stereocenters. The molecule has 3 N–H and O–H groups in total. The van der Waals surface area contributed by atoms with E-state index in [0.717, 1.165) is 16.4 Å². The normalized spacial score (nSPS) is 11.7. The van der Waals surface area contributed by atoms with Crippen molar-refractivity contribution < 1.29 is 8.42 Å². The summed E-state index contributed by atoms with van der Waals surface area (Å²) in [6, 6.07) is 10.1. The maximum Gasteiger partial charge on any atom is 0.238 e. The van der Waals surface area contributed by atoms with E-state index in [1.54, 1.807) is 18.3 Å². The predicted molar refractivity (Wildman–Crippen MR) is 109 cm³/mol. The summed E-state index contributed by atoms with van der Waals surface area (Å²) >= 11 is 0. The van der Waals surface area contributed by atoms with Crippen LogP contribution in [0, 0.1) is 0 Å². The number of primary sulfonamides is 1. The lowest BCUT2D eigenvalue weighted by Crippen LogP contribution is -2.12. The van der Waals surface area contributed by atoms with Gasteiger partial charge in [0, 0.05) is 23.3 Å². The zero-order valence-electron chi connectivity index (χ0n) is 15.1. The van der Waals surface area contributed by atoms with Gasteiger partial charge in [-0.2, -0.15) is 0 Å². The van der Waals surface area contributed by atoms with Gasteiger partial charge in [-0.05, 0) is 44.2 Å². The van der Waals surface area contributed by atoms with Crippen LogP contribution in [-0.2, 0) is 10.0 Å². The number of rotatable bonds is 4. The summed E-state index contributed by atoms with van der Waals surface area (Å²) in [4.78, 5) is 8.92. The van der Waals surface area contributed by atoms with Gasteiger partial charge in [-0.1, -0.05) is 11.3 Å². The van der Waals surface area contributed by atoms with Crippen LogP contribution in [0.1, 0.15) is 19.9 Å². The fourth-order valence-corrected chi connectivity index (χ4v) is 3.38. The van der Waals surface area contributed by atoms with Gasteiger partial charge in [-0.15, -0.1) is 17.5 Å². The predicted octanol–water partition coefficient (Wildman–Crippen LogP) is 2.77. The van der Waals surface area contributed by atoms with Crippen molar-refractivity contribution in [1.82, 2.24) is 25.0 Å². The molecule has 0 amide bonds. The summed E-state index contributed by atoms with van der Waals surface area (Å²) in [7, 11) is -3.79. The smallest absolute Gasteiger partial charge is 0.238 e. The number of nitrogens with one attached hydrogen (secondary N) is 1. The van der Waals surface area contributed by atoms with Crippen LogP contribution >= 0.6 is 12.4 Å². The number of nitrogens with two attached hydrogens (primary N) is 1. The van der Waals surface area contributed by atoms with Gasteiger partial charge < -0.3 is 5.32 Å². The highest BCUT2D eigenvalue weighted by molar-refractivity contribution is 7.89. The molecule has 0 spiro atoms. The Morgan fingerprint density at radius 3 is 2.68 bits per heavy atom. The number of fused-ring (bicyclic) bond motifs is 3. The van der Waals surface area contributed by atoms with Crippen LogP contribution in [0.3, 0.4) is 0 Å². The second-order valence-corrected chi connectivity index (χ2v) is 7.95. The molecule has 2 aromatic carbocycles. The van der Waals surface area contributed by atoms with Crippen LogP contribution in [0.25, 0.3) is 21.9 Å². The van der Waals surface area contributed by atoms with E-state index in [1.165, 1.54) is 12.1 Å². The molecule has 0 saturated carbocycles. The van der Waals surface area contributed by atoms with Gasteiger partial charge in [0.25, 0.3) is 0 Å². The molecule has 11 heteroatoms. The van der Waals surface area contributed by atoms with Gasteiger partial charge in [-0.3, -0.25) is 0 Å². The average molecular weight is 420 g/mol. The summed E-state index contributed by atoms with van der Waals surface area (Å²) in [5.74, 6) is 0.332. The van der Waals surface area contributed by atoms with Crippen LogP contribution in [-0.4, -0.2) is 33.4 Å². The lowest BCUT2D eigenvalue weighted by molar-refractivity contribution is 0.531. The maximum atomic E-state index is 11.5. The van der Waals surface area contributed by atoms with E-state index in [4.69, 9.17) is 5.14 Å². The number of nitrogens with zero attached hydrogens (tertiary/aromatic N) is 5. The first kappa shape index (κ1) is 19.9. The molecule has 146 valence electrons. The van der Waals surface area contributed by atoms with Crippen molar-refractivity contribution in [2.45, 2.75) is 24.8 Å². The van der Waals surface area contributed by atoms with E-state index in [0.29, 0.717) is 17.2 Å². The van der Waals surface area contributed by atoms with E-state index in [9.17, 15) is 8.42 Å². The molecule has 4 aromatic rings. The summed E-state index contributed by atoms with van der Waals surface area (Å²) in [6.45, 7) is 4.04. The maximum absolute atomic E-state index is 11.5. The fraction of sp³-hybridized carbons (Fsp3) is 0.176. The number of anilines is 2. The van der Waals surface area contributed by atoms with Crippen molar-refractivity contribution >= 4 is 56.0 Å². The Bertz CT molecular complexity index is 1270. The topological polar surface area (TPSA) is 129 Å². The third kappa shape index (κ3) is 3.61. The van der Waals surface area contributed by atoms with Crippen molar-refractivity contribution in [2.75, 3.05) is 5.32 Å². The zero-order valence-corrected chi connectivity index (χ0v) is 16.7. The lowest BCUT2D eigenvalue weighted by Gasteiger charge is -2.09. The molecule has 28 heavy (non-hydrogen) atoms. The Labute approximate surface area is 167 Å². The van der Waals surface area contributed by atoms with Crippen LogP contribution in [0.2, 0.25) is 0 Å². The zero-order chi connectivity index (χ0) is 19.2. The van der Waals surface area contributed by atoms with Crippen molar-refractivity contribution in [3.63, 3.8) is 0 Å². The quantitative estimate of drug-likeness (QED) is 0.520. The minimum atomic E-state index is -3.79. The van der Waals surface area contributed by atoms with E-state index >= 15 is 0 Å². The highest BCUT2D eigenvalue weighted by atomic mass is 35.5. The number of benzene rings is 2. The summed E-state index contributed by atoms with van der Waals surface area (Å²) < 4.78 is 24.9. The third-order valence-electron chi connectivity index (χ3n) is 4.09. The molecule has 0 aliphatic carbocycles. The third-order valence-corrected chi connectivity index (χ3v) is 5.00. The van der Waals surface area contributed by atoms with Crippen molar-refractivity contribution in [1.29, 1.82) is 0 Å². The van der Waals surface area contributed by atoms with E-state index in [-0.39, 0.29) is 23.3 Å². The Kier molecular flexibility index (Phi) is 5.20. The van der Waals surface area contributed by atoms with Gasteiger partial charge in [0.2, 0.25) is 16.0 Å². The molecule has 0 aliphatic rings. The monoisotopic (exact) mass is 419 g/mol. The van der Waals surface area contributed by atoms with Crippen LogP contribution in [0.5, 0.6) is 0 Å². The largest absolute Gasteiger partial charge is 0.324 e. The SMILES string of the molecule is CC(C)n1nnc2ccc3cnc(Nc4cccc(S(N)(=O)=O)c4)nc3c21.Cl. The fourth-order valence-electron chi connectivity index (χ4n) is 2.82. The van der Waals surface area contributed by atoms with Gasteiger partial charge in [-0.25, -0.2) is 28.2 Å². The van der Waals surface area contributed by atoms with Gasteiger partial charge >= 0.3 is 0 Å². The van der Waals surface area contributed by atoms with Gasteiger partial charge in [0.1, 0.15) is 16.6 Å². The minimum absolute atomic E-state index is 0. The summed E-state index contributed by atoms with van der Waals surface area (Å²) in [5.41, 5.74) is 2.80. The molecule has 2 aromatic heterocycles. The Morgan fingerprint density at radius 2 is 1.96 bits per heavy atom. The molecule has 0 fully saturated rings. The van der Waals surface area contributed by atoms with Crippen molar-refractivity contribution in [3.05, 3.63) is 42.6 Å².